The molecule has 2 N–H and O–H groups in total. The van der Waals surface area contributed by atoms with E-state index >= 15 is 0 Å². The number of piperidine rings is 1. The molecule has 7 heteroatoms. The average molecular weight is 299 g/mol. The Morgan fingerprint density at radius 1 is 1.38 bits per heavy atom. The lowest BCUT2D eigenvalue weighted by atomic mass is 10.0. The SMILES string of the molecule is CCCN(C(=O)N1CCOC(C(=O)O)C1)C1CCNCC1. The Balaban J connectivity index is 2.01. The zero-order chi connectivity index (χ0) is 15.2. The highest BCUT2D eigenvalue weighted by Crippen LogP contribution is 2.17. The van der Waals surface area contributed by atoms with E-state index in [-0.39, 0.29) is 25.2 Å². The average Bonchev–Trinajstić information content (AvgIpc) is 2.53. The van der Waals surface area contributed by atoms with Crippen LogP contribution in [0.3, 0.4) is 0 Å². The number of hydrogen-bond donors (Lipinski definition) is 2. The molecule has 2 fully saturated rings. The van der Waals surface area contributed by atoms with E-state index in [4.69, 9.17) is 9.84 Å². The first-order chi connectivity index (χ1) is 10.1. The van der Waals surface area contributed by atoms with Gasteiger partial charge in [-0.05, 0) is 32.4 Å². The summed E-state index contributed by atoms with van der Waals surface area (Å²) in [5.41, 5.74) is 0. The molecule has 1 atom stereocenters. The van der Waals surface area contributed by atoms with E-state index in [1.807, 2.05) is 4.90 Å². The van der Waals surface area contributed by atoms with Crippen molar-refractivity contribution in [1.82, 2.24) is 15.1 Å². The Bertz CT molecular complexity index is 371. The third-order valence-electron chi connectivity index (χ3n) is 4.07. The van der Waals surface area contributed by atoms with Gasteiger partial charge in [-0.2, -0.15) is 0 Å². The Kier molecular flexibility index (Phi) is 5.81. The molecule has 2 rings (SSSR count). The highest BCUT2D eigenvalue weighted by molar-refractivity contribution is 5.77. The molecule has 0 saturated carbocycles. The van der Waals surface area contributed by atoms with Crippen LogP contribution in [-0.4, -0.2) is 78.4 Å². The maximum absolute atomic E-state index is 12.7. The molecule has 2 amide bonds. The molecule has 2 aliphatic rings. The number of carbonyl (C=O) groups excluding carboxylic acids is 1. The summed E-state index contributed by atoms with van der Waals surface area (Å²) in [5, 5.41) is 12.3. The second-order valence-corrected chi connectivity index (χ2v) is 5.60. The third-order valence-corrected chi connectivity index (χ3v) is 4.07. The van der Waals surface area contributed by atoms with Gasteiger partial charge in [0.25, 0.3) is 0 Å². The normalized spacial score (nSPS) is 23.9. The molecule has 2 aliphatic heterocycles. The van der Waals surface area contributed by atoms with Gasteiger partial charge in [-0.3, -0.25) is 0 Å². The first kappa shape index (κ1) is 16.0. The Morgan fingerprint density at radius 2 is 2.10 bits per heavy atom. The molecule has 120 valence electrons. The maximum Gasteiger partial charge on any atom is 0.334 e. The molecule has 0 aliphatic carbocycles. The molecular formula is C14H25N3O4. The van der Waals surface area contributed by atoms with Gasteiger partial charge < -0.3 is 25.0 Å². The Morgan fingerprint density at radius 3 is 2.71 bits per heavy atom. The molecule has 1 unspecified atom stereocenters. The van der Waals surface area contributed by atoms with Crippen LogP contribution in [0.15, 0.2) is 0 Å². The number of aliphatic carboxylic acids is 1. The predicted octanol–water partition coefficient (Wildman–Crippen LogP) is 0.356. The molecular weight excluding hydrogens is 274 g/mol. The second kappa shape index (κ2) is 7.61. The van der Waals surface area contributed by atoms with Gasteiger partial charge in [0.2, 0.25) is 0 Å². The van der Waals surface area contributed by atoms with Crippen LogP contribution in [0.25, 0.3) is 0 Å². The number of nitrogens with one attached hydrogen (secondary N) is 1. The molecule has 0 spiro atoms. The van der Waals surface area contributed by atoms with Crippen molar-refractivity contribution < 1.29 is 19.4 Å². The van der Waals surface area contributed by atoms with Crippen LogP contribution in [0.2, 0.25) is 0 Å². The van der Waals surface area contributed by atoms with E-state index in [0.29, 0.717) is 6.54 Å². The molecule has 0 bridgehead atoms. The van der Waals surface area contributed by atoms with Crippen molar-refractivity contribution in [2.75, 3.05) is 39.3 Å². The first-order valence-electron chi connectivity index (χ1n) is 7.74. The number of carboxylic acids is 1. The van der Waals surface area contributed by atoms with Gasteiger partial charge >= 0.3 is 12.0 Å². The molecule has 21 heavy (non-hydrogen) atoms. The van der Waals surface area contributed by atoms with Crippen LogP contribution in [0, 0.1) is 0 Å². The Hall–Kier alpha value is -1.34. The van der Waals surface area contributed by atoms with E-state index in [9.17, 15) is 9.59 Å². The van der Waals surface area contributed by atoms with E-state index < -0.39 is 12.1 Å². The van der Waals surface area contributed by atoms with Crippen molar-refractivity contribution in [2.24, 2.45) is 0 Å². The first-order valence-corrected chi connectivity index (χ1v) is 7.74. The summed E-state index contributed by atoms with van der Waals surface area (Å²) >= 11 is 0. The largest absolute Gasteiger partial charge is 0.479 e. The minimum Gasteiger partial charge on any atom is -0.479 e. The van der Waals surface area contributed by atoms with Crippen molar-refractivity contribution in [3.8, 4) is 0 Å². The zero-order valence-corrected chi connectivity index (χ0v) is 12.6. The molecule has 7 nitrogen and oxygen atoms in total. The Labute approximate surface area is 125 Å². The standard InChI is InChI=1S/C14H25N3O4/c1-2-7-17(11-3-5-15-6-4-11)14(20)16-8-9-21-12(10-16)13(18)19/h11-12,15H,2-10H2,1H3,(H,18,19). The van der Waals surface area contributed by atoms with Gasteiger partial charge in [0.1, 0.15) is 0 Å². The van der Waals surface area contributed by atoms with Gasteiger partial charge in [-0.1, -0.05) is 6.92 Å². The number of hydrogen-bond acceptors (Lipinski definition) is 4. The fraction of sp³-hybridized carbons (Fsp3) is 0.857. The maximum atomic E-state index is 12.7. The van der Waals surface area contributed by atoms with Crippen molar-refractivity contribution in [3.63, 3.8) is 0 Å². The summed E-state index contributed by atoms with van der Waals surface area (Å²) < 4.78 is 5.18. The van der Waals surface area contributed by atoms with Gasteiger partial charge in [0.05, 0.1) is 13.2 Å². The van der Waals surface area contributed by atoms with Gasteiger partial charge in [0, 0.05) is 19.1 Å². The number of amides is 2. The monoisotopic (exact) mass is 299 g/mol. The molecule has 2 heterocycles. The number of morpholine rings is 1. The summed E-state index contributed by atoms with van der Waals surface area (Å²) in [6.45, 7) is 5.53. The fourth-order valence-corrected chi connectivity index (χ4v) is 2.95. The van der Waals surface area contributed by atoms with E-state index in [1.54, 1.807) is 4.90 Å². The van der Waals surface area contributed by atoms with Gasteiger partial charge in [-0.25, -0.2) is 9.59 Å². The van der Waals surface area contributed by atoms with Crippen LogP contribution in [0.1, 0.15) is 26.2 Å². The van der Waals surface area contributed by atoms with Crippen molar-refractivity contribution >= 4 is 12.0 Å². The molecule has 0 radical (unpaired) electrons. The summed E-state index contributed by atoms with van der Waals surface area (Å²) in [6, 6.07) is 0.211. The summed E-state index contributed by atoms with van der Waals surface area (Å²) in [6.07, 6.45) is 1.92. The highest BCUT2D eigenvalue weighted by Gasteiger charge is 2.33. The van der Waals surface area contributed by atoms with E-state index in [0.717, 1.165) is 38.9 Å². The number of ether oxygens (including phenoxy) is 1. The number of carbonyl (C=O) groups is 2. The molecule has 0 aromatic heterocycles. The summed E-state index contributed by atoms with van der Waals surface area (Å²) in [5.74, 6) is -1.00. The molecule has 0 aromatic rings. The topological polar surface area (TPSA) is 82.1 Å². The number of nitrogens with zero attached hydrogens (tertiary/aromatic N) is 2. The minimum absolute atomic E-state index is 0.0432. The quantitative estimate of drug-likeness (QED) is 0.783. The van der Waals surface area contributed by atoms with Gasteiger partial charge in [0.15, 0.2) is 6.10 Å². The number of carboxylic acid groups (broad SMARTS) is 1. The van der Waals surface area contributed by atoms with Gasteiger partial charge in [-0.15, -0.1) is 0 Å². The molecule has 0 aromatic carbocycles. The fourth-order valence-electron chi connectivity index (χ4n) is 2.95. The van der Waals surface area contributed by atoms with Crippen LogP contribution in [0.5, 0.6) is 0 Å². The second-order valence-electron chi connectivity index (χ2n) is 5.60. The minimum atomic E-state index is -1.00. The molecule has 2 saturated heterocycles. The van der Waals surface area contributed by atoms with Crippen molar-refractivity contribution in [3.05, 3.63) is 0 Å². The van der Waals surface area contributed by atoms with E-state index in [2.05, 4.69) is 12.2 Å². The van der Waals surface area contributed by atoms with Crippen molar-refractivity contribution in [2.45, 2.75) is 38.3 Å². The van der Waals surface area contributed by atoms with Crippen LogP contribution in [0.4, 0.5) is 4.79 Å². The number of rotatable bonds is 4. The van der Waals surface area contributed by atoms with Crippen LogP contribution < -0.4 is 5.32 Å². The lowest BCUT2D eigenvalue weighted by Gasteiger charge is -2.40. The lowest BCUT2D eigenvalue weighted by Crippen LogP contribution is -2.56. The summed E-state index contributed by atoms with van der Waals surface area (Å²) in [4.78, 5) is 27.3. The lowest BCUT2D eigenvalue weighted by molar-refractivity contribution is -0.154. The van der Waals surface area contributed by atoms with Crippen LogP contribution >= 0.6 is 0 Å². The number of urea groups is 1. The van der Waals surface area contributed by atoms with E-state index in [1.165, 1.54) is 0 Å². The highest BCUT2D eigenvalue weighted by atomic mass is 16.5. The zero-order valence-electron chi connectivity index (χ0n) is 12.6. The van der Waals surface area contributed by atoms with Crippen LogP contribution in [-0.2, 0) is 9.53 Å². The van der Waals surface area contributed by atoms with Crippen molar-refractivity contribution in [1.29, 1.82) is 0 Å². The predicted molar refractivity (Wildman–Crippen MR) is 77.2 cm³/mol. The third kappa shape index (κ3) is 4.07. The smallest absolute Gasteiger partial charge is 0.334 e. The summed E-state index contributed by atoms with van der Waals surface area (Å²) in [7, 11) is 0.